The fraction of sp³-hybridized carbons (Fsp3) is 0.350. The first-order valence-corrected chi connectivity index (χ1v) is 22.2. The second-order valence-corrected chi connectivity index (χ2v) is 17.9. The molecule has 2 heterocycles. The summed E-state index contributed by atoms with van der Waals surface area (Å²) in [6, 6.07) is 28.2. The lowest BCUT2D eigenvalue weighted by Crippen LogP contribution is -2.53. The van der Waals surface area contributed by atoms with Gasteiger partial charge in [0, 0.05) is 74.9 Å². The molecule has 0 bridgehead atoms. The van der Waals surface area contributed by atoms with Crippen molar-refractivity contribution in [2.24, 2.45) is 11.5 Å². The molecule has 0 radical (unpaired) electrons. The van der Waals surface area contributed by atoms with Crippen molar-refractivity contribution in [2.45, 2.75) is 34.7 Å². The Hall–Kier alpha value is -3.98. The Morgan fingerprint density at radius 2 is 1.02 bits per heavy atom. The van der Waals surface area contributed by atoms with Gasteiger partial charge in [-0.15, -0.1) is 0 Å². The number of nitrogens with two attached hydrogens (primary N) is 2. The molecule has 1 unspecified atom stereocenters. The molecular weight excluding hydrogens is 780 g/mol. The lowest BCUT2D eigenvalue weighted by atomic mass is 10.1. The second-order valence-electron chi connectivity index (χ2n) is 13.7. The molecule has 2 aliphatic rings. The van der Waals surface area contributed by atoms with Crippen molar-refractivity contribution in [2.75, 3.05) is 74.7 Å². The van der Waals surface area contributed by atoms with Crippen LogP contribution in [0.3, 0.4) is 0 Å². The zero-order valence-corrected chi connectivity index (χ0v) is 34.2. The number of anilines is 2. The summed E-state index contributed by atoms with van der Waals surface area (Å²) in [7, 11) is -4.36. The Balaban J connectivity index is 0.000000211. The number of amides is 2. The fourth-order valence-corrected chi connectivity index (χ4v) is 8.64. The van der Waals surface area contributed by atoms with Gasteiger partial charge in [0.05, 0.1) is 44.0 Å². The van der Waals surface area contributed by atoms with Gasteiger partial charge in [-0.3, -0.25) is 13.8 Å². The van der Waals surface area contributed by atoms with Gasteiger partial charge in [0.25, 0.3) is 0 Å². The van der Waals surface area contributed by atoms with E-state index in [1.807, 2.05) is 76.5 Å². The first-order chi connectivity index (χ1) is 26.2. The van der Waals surface area contributed by atoms with E-state index in [4.69, 9.17) is 34.7 Å². The molecule has 2 saturated heterocycles. The Labute approximate surface area is 336 Å². The van der Waals surface area contributed by atoms with Crippen molar-refractivity contribution in [1.82, 2.24) is 9.80 Å². The molecule has 294 valence electrons. The zero-order chi connectivity index (χ0) is 39.7. The normalized spacial score (nSPS) is 16.5. The molecule has 0 spiro atoms. The molecular formula is C40H48Cl2N6O5S2. The Morgan fingerprint density at radius 3 is 1.44 bits per heavy atom. The highest BCUT2D eigenvalue weighted by Gasteiger charge is 2.28. The SMILES string of the molecule is CS(=O)(=O)c1ccccc1N1CCN(C(=O)[C@H](N)Cc2ccc(Cl)cc2)CC1.CS(=O)c1ccccc1N1CCN(C(=O)[C@H](N)Cc2ccc(Cl)cc2)CC1. The lowest BCUT2D eigenvalue weighted by Gasteiger charge is -2.37. The van der Waals surface area contributed by atoms with Crippen molar-refractivity contribution in [1.29, 1.82) is 0 Å². The van der Waals surface area contributed by atoms with Crippen molar-refractivity contribution in [3.05, 3.63) is 118 Å². The van der Waals surface area contributed by atoms with Crippen LogP contribution < -0.4 is 21.3 Å². The van der Waals surface area contributed by atoms with E-state index in [2.05, 4.69) is 4.90 Å². The third-order valence-corrected chi connectivity index (χ3v) is 12.3. The van der Waals surface area contributed by atoms with Crippen molar-refractivity contribution < 1.29 is 22.2 Å². The number of rotatable bonds is 10. The van der Waals surface area contributed by atoms with Gasteiger partial charge < -0.3 is 31.1 Å². The van der Waals surface area contributed by atoms with Gasteiger partial charge in [-0.25, -0.2) is 8.42 Å². The minimum Gasteiger partial charge on any atom is -0.367 e. The highest BCUT2D eigenvalue weighted by Crippen LogP contribution is 2.27. The second kappa shape index (κ2) is 19.2. The summed E-state index contributed by atoms with van der Waals surface area (Å²) >= 11 is 11.8. The first-order valence-electron chi connectivity index (χ1n) is 18.0. The van der Waals surface area contributed by atoms with Crippen LogP contribution in [0.25, 0.3) is 0 Å². The summed E-state index contributed by atoms with van der Waals surface area (Å²) in [6.07, 6.45) is 3.84. The monoisotopic (exact) mass is 826 g/mol. The predicted octanol–water partition coefficient (Wildman–Crippen LogP) is 4.26. The van der Waals surface area contributed by atoms with E-state index in [1.54, 1.807) is 41.5 Å². The van der Waals surface area contributed by atoms with Crippen LogP contribution in [0.5, 0.6) is 0 Å². The van der Waals surface area contributed by atoms with Crippen LogP contribution in [-0.2, 0) is 43.1 Å². The van der Waals surface area contributed by atoms with Crippen LogP contribution in [0.1, 0.15) is 11.1 Å². The van der Waals surface area contributed by atoms with Crippen LogP contribution in [0.4, 0.5) is 11.4 Å². The number of carbonyl (C=O) groups excluding carboxylic acids is 2. The molecule has 11 nitrogen and oxygen atoms in total. The fourth-order valence-electron chi connectivity index (χ4n) is 6.72. The van der Waals surface area contributed by atoms with E-state index < -0.39 is 32.7 Å². The summed E-state index contributed by atoms with van der Waals surface area (Å²) in [5.74, 6) is -0.122. The lowest BCUT2D eigenvalue weighted by molar-refractivity contribution is -0.133. The largest absolute Gasteiger partial charge is 0.367 e. The molecule has 55 heavy (non-hydrogen) atoms. The Kier molecular flexibility index (Phi) is 14.8. The Morgan fingerprint density at radius 1 is 0.636 bits per heavy atom. The smallest absolute Gasteiger partial charge is 0.239 e. The molecule has 0 aromatic heterocycles. The van der Waals surface area contributed by atoms with E-state index in [0.717, 1.165) is 21.7 Å². The molecule has 15 heteroatoms. The highest BCUT2D eigenvalue weighted by molar-refractivity contribution is 7.90. The van der Waals surface area contributed by atoms with Gasteiger partial charge in [0.1, 0.15) is 0 Å². The number of piperazine rings is 2. The third-order valence-electron chi connectivity index (χ3n) is 9.68. The number of nitrogens with zero attached hydrogens (tertiary/aromatic N) is 4. The number of benzene rings is 4. The van der Waals surface area contributed by atoms with Crippen LogP contribution in [0.15, 0.2) is 107 Å². The molecule has 4 aromatic rings. The minimum atomic E-state index is -3.32. The molecule has 4 N–H and O–H groups in total. The standard InChI is InChI=1S/C20H24ClN3O3S.C20H24ClN3O2S/c1-28(26,27)19-5-3-2-4-18(19)23-10-12-24(13-11-23)20(25)17(22)14-15-6-8-16(21)9-7-15;1-27(26)19-5-3-2-4-18(19)23-10-12-24(13-11-23)20(25)17(22)14-15-6-8-16(21)9-7-15/h2-9,17H,10-14,22H2,1H3;2-9,17H,10-14,22H2,1H3/t17-;17-,27?/m11/s1. The number of carbonyl (C=O) groups is 2. The van der Waals surface area contributed by atoms with Gasteiger partial charge in [0.2, 0.25) is 11.8 Å². The van der Waals surface area contributed by atoms with Crippen molar-refractivity contribution in [3.8, 4) is 0 Å². The summed E-state index contributed by atoms with van der Waals surface area (Å²) in [6.45, 7) is 4.76. The van der Waals surface area contributed by atoms with Crippen molar-refractivity contribution >= 4 is 67.0 Å². The number of para-hydroxylation sites is 2. The van der Waals surface area contributed by atoms with Crippen LogP contribution in [-0.4, -0.2) is 111 Å². The van der Waals surface area contributed by atoms with Gasteiger partial charge in [-0.2, -0.15) is 0 Å². The maximum absolute atomic E-state index is 12.7. The van der Waals surface area contributed by atoms with Crippen LogP contribution in [0.2, 0.25) is 10.0 Å². The first kappa shape index (κ1) is 42.2. The molecule has 0 saturated carbocycles. The molecule has 6 rings (SSSR count). The summed E-state index contributed by atoms with van der Waals surface area (Å²) in [4.78, 5) is 34.3. The van der Waals surface area contributed by atoms with E-state index in [0.29, 0.717) is 85.8 Å². The van der Waals surface area contributed by atoms with Crippen LogP contribution >= 0.6 is 23.2 Å². The number of hydrogen-bond acceptors (Lipinski definition) is 9. The quantitative estimate of drug-likeness (QED) is 0.239. The number of sulfone groups is 1. The molecule has 4 aromatic carbocycles. The summed E-state index contributed by atoms with van der Waals surface area (Å²) in [5.41, 5.74) is 15.9. The third kappa shape index (κ3) is 11.5. The minimum absolute atomic E-state index is 0.0306. The van der Waals surface area contributed by atoms with Gasteiger partial charge in [-0.1, -0.05) is 71.7 Å². The van der Waals surface area contributed by atoms with Crippen LogP contribution in [0, 0.1) is 0 Å². The van der Waals surface area contributed by atoms with E-state index in [1.165, 1.54) is 6.26 Å². The van der Waals surface area contributed by atoms with Gasteiger partial charge >= 0.3 is 0 Å². The van der Waals surface area contributed by atoms with E-state index in [-0.39, 0.29) is 11.8 Å². The summed E-state index contributed by atoms with van der Waals surface area (Å²) < 4.78 is 36.0. The average molecular weight is 828 g/mol. The number of hydrogen-bond donors (Lipinski definition) is 2. The molecule has 0 aliphatic carbocycles. The van der Waals surface area contributed by atoms with E-state index in [9.17, 15) is 22.2 Å². The summed E-state index contributed by atoms with van der Waals surface area (Å²) in [5, 5.41) is 1.32. The van der Waals surface area contributed by atoms with Gasteiger partial charge in [-0.05, 0) is 72.5 Å². The van der Waals surface area contributed by atoms with Crippen molar-refractivity contribution in [3.63, 3.8) is 0 Å². The highest BCUT2D eigenvalue weighted by atomic mass is 35.5. The Bertz CT molecular complexity index is 2050. The predicted molar refractivity (Wildman–Crippen MR) is 222 cm³/mol. The zero-order valence-electron chi connectivity index (χ0n) is 31.0. The molecule has 2 fully saturated rings. The maximum atomic E-state index is 12.7. The maximum Gasteiger partial charge on any atom is 0.239 e. The molecule has 2 aliphatic heterocycles. The van der Waals surface area contributed by atoms with Gasteiger partial charge in [0.15, 0.2) is 9.84 Å². The van der Waals surface area contributed by atoms with E-state index >= 15 is 0 Å². The number of halogens is 2. The molecule has 3 atom stereocenters. The topological polar surface area (TPSA) is 150 Å². The molecule has 2 amide bonds. The average Bonchev–Trinajstić information content (AvgIpc) is 3.19.